The lowest BCUT2D eigenvalue weighted by molar-refractivity contribution is -0.129. The fraction of sp³-hybridized carbons (Fsp3) is 0.588. The Kier molecular flexibility index (Phi) is 5.40. The van der Waals surface area contributed by atoms with Gasteiger partial charge in [0.1, 0.15) is 11.1 Å². The fourth-order valence-corrected chi connectivity index (χ4v) is 4.33. The molecule has 22 heavy (non-hydrogen) atoms. The third kappa shape index (κ3) is 3.96. The maximum absolute atomic E-state index is 12.4. The van der Waals surface area contributed by atoms with Gasteiger partial charge in [-0.1, -0.05) is 32.0 Å². The van der Waals surface area contributed by atoms with Gasteiger partial charge in [0.15, 0.2) is 0 Å². The third-order valence-corrected chi connectivity index (χ3v) is 4.95. The summed E-state index contributed by atoms with van der Waals surface area (Å²) in [5.41, 5.74) is 1.13. The van der Waals surface area contributed by atoms with E-state index < -0.39 is 0 Å². The number of nitrogens with zero attached hydrogens (tertiary/aromatic N) is 2. The van der Waals surface area contributed by atoms with Gasteiger partial charge in [-0.3, -0.25) is 4.79 Å². The van der Waals surface area contributed by atoms with E-state index >= 15 is 0 Å². The van der Waals surface area contributed by atoms with Crippen molar-refractivity contribution in [3.63, 3.8) is 0 Å². The first kappa shape index (κ1) is 17.2. The molecule has 1 amide bonds. The van der Waals surface area contributed by atoms with Crippen molar-refractivity contribution in [1.82, 2.24) is 9.80 Å². The SMILES string of the molecule is COc1ccccc1C1SCC(=O)N1CC(C)(C)CN(C)C. The van der Waals surface area contributed by atoms with Crippen molar-refractivity contribution in [3.05, 3.63) is 29.8 Å². The van der Waals surface area contributed by atoms with Crippen molar-refractivity contribution in [1.29, 1.82) is 0 Å². The Labute approximate surface area is 137 Å². The summed E-state index contributed by atoms with van der Waals surface area (Å²) in [4.78, 5) is 16.6. The van der Waals surface area contributed by atoms with Crippen LogP contribution in [0.3, 0.4) is 0 Å². The number of methoxy groups -OCH3 is 1. The first-order valence-corrected chi connectivity index (χ1v) is 8.58. The van der Waals surface area contributed by atoms with Gasteiger partial charge in [-0.15, -0.1) is 11.8 Å². The molecule has 2 rings (SSSR count). The molecular formula is C17H26N2O2S. The van der Waals surface area contributed by atoms with Crippen LogP contribution in [0.1, 0.15) is 24.8 Å². The maximum Gasteiger partial charge on any atom is 0.233 e. The minimum absolute atomic E-state index is 0.0460. The number of amides is 1. The monoisotopic (exact) mass is 322 g/mol. The summed E-state index contributed by atoms with van der Waals surface area (Å²) >= 11 is 1.68. The predicted molar refractivity (Wildman–Crippen MR) is 92.2 cm³/mol. The zero-order valence-electron chi connectivity index (χ0n) is 14.1. The lowest BCUT2D eigenvalue weighted by atomic mass is 9.92. The van der Waals surface area contributed by atoms with Crippen LogP contribution in [0, 0.1) is 5.41 Å². The van der Waals surface area contributed by atoms with E-state index in [1.54, 1.807) is 18.9 Å². The molecule has 1 fully saturated rings. The topological polar surface area (TPSA) is 32.8 Å². The van der Waals surface area contributed by atoms with Crippen molar-refractivity contribution in [2.75, 3.05) is 40.0 Å². The third-order valence-electron chi connectivity index (χ3n) is 3.72. The lowest BCUT2D eigenvalue weighted by Crippen LogP contribution is -2.41. The molecule has 0 spiro atoms. The first-order valence-electron chi connectivity index (χ1n) is 7.53. The number of rotatable bonds is 6. The summed E-state index contributed by atoms with van der Waals surface area (Å²) < 4.78 is 5.48. The highest BCUT2D eigenvalue weighted by Crippen LogP contribution is 2.43. The minimum Gasteiger partial charge on any atom is -0.496 e. The predicted octanol–water partition coefficient (Wildman–Crippen LogP) is 2.86. The van der Waals surface area contributed by atoms with Gasteiger partial charge >= 0.3 is 0 Å². The molecule has 0 aromatic heterocycles. The average Bonchev–Trinajstić information content (AvgIpc) is 2.78. The second-order valence-electron chi connectivity index (χ2n) is 6.83. The van der Waals surface area contributed by atoms with Crippen LogP contribution in [0.15, 0.2) is 24.3 Å². The van der Waals surface area contributed by atoms with Gasteiger partial charge in [0.2, 0.25) is 5.91 Å². The van der Waals surface area contributed by atoms with Crippen molar-refractivity contribution >= 4 is 17.7 Å². The molecule has 1 unspecified atom stereocenters. The summed E-state index contributed by atoms with van der Waals surface area (Å²) in [6.45, 7) is 6.12. The Morgan fingerprint density at radius 3 is 2.68 bits per heavy atom. The van der Waals surface area contributed by atoms with E-state index in [4.69, 9.17) is 4.74 Å². The second kappa shape index (κ2) is 6.92. The highest BCUT2D eigenvalue weighted by atomic mass is 32.2. The van der Waals surface area contributed by atoms with Crippen molar-refractivity contribution in [2.24, 2.45) is 5.41 Å². The smallest absolute Gasteiger partial charge is 0.233 e. The van der Waals surface area contributed by atoms with Crippen LogP contribution >= 0.6 is 11.8 Å². The molecule has 1 saturated heterocycles. The quantitative estimate of drug-likeness (QED) is 0.806. The van der Waals surface area contributed by atoms with Crippen LogP contribution in [0.4, 0.5) is 0 Å². The summed E-state index contributed by atoms with van der Waals surface area (Å²) in [5, 5.41) is 0.0464. The van der Waals surface area contributed by atoms with Crippen LogP contribution in [-0.4, -0.2) is 55.8 Å². The highest BCUT2D eigenvalue weighted by Gasteiger charge is 2.37. The maximum atomic E-state index is 12.4. The second-order valence-corrected chi connectivity index (χ2v) is 7.90. The molecular weight excluding hydrogens is 296 g/mol. The van der Waals surface area contributed by atoms with Crippen LogP contribution in [-0.2, 0) is 4.79 Å². The Bertz CT molecular complexity index is 531. The molecule has 1 atom stereocenters. The van der Waals surface area contributed by atoms with Crippen LogP contribution in [0.2, 0.25) is 0 Å². The van der Waals surface area contributed by atoms with Gasteiger partial charge in [-0.05, 0) is 25.6 Å². The molecule has 1 aromatic rings. The molecule has 5 heteroatoms. The van der Waals surface area contributed by atoms with E-state index in [0.717, 1.165) is 24.4 Å². The molecule has 0 radical (unpaired) electrons. The van der Waals surface area contributed by atoms with Crippen molar-refractivity contribution in [3.8, 4) is 5.75 Å². The van der Waals surface area contributed by atoms with E-state index in [1.165, 1.54) is 0 Å². The molecule has 0 bridgehead atoms. The van der Waals surface area contributed by atoms with Crippen LogP contribution < -0.4 is 4.74 Å². The van der Waals surface area contributed by atoms with Gasteiger partial charge in [-0.2, -0.15) is 0 Å². The van der Waals surface area contributed by atoms with Gasteiger partial charge in [-0.25, -0.2) is 0 Å². The van der Waals surface area contributed by atoms with E-state index in [9.17, 15) is 4.79 Å². The van der Waals surface area contributed by atoms with E-state index in [1.807, 2.05) is 23.1 Å². The Hall–Kier alpha value is -1.20. The molecule has 0 N–H and O–H groups in total. The molecule has 1 heterocycles. The Morgan fingerprint density at radius 2 is 2.05 bits per heavy atom. The number of benzene rings is 1. The number of hydrogen-bond acceptors (Lipinski definition) is 4. The zero-order valence-corrected chi connectivity index (χ0v) is 14.9. The standard InChI is InChI=1S/C17H26N2O2S/c1-17(2,11-18(3)4)12-19-15(20)10-22-16(19)13-8-6-7-9-14(13)21-5/h6-9,16H,10-12H2,1-5H3. The van der Waals surface area contributed by atoms with E-state index in [2.05, 4.69) is 38.9 Å². The van der Waals surface area contributed by atoms with Crippen molar-refractivity contribution < 1.29 is 9.53 Å². The largest absolute Gasteiger partial charge is 0.496 e. The van der Waals surface area contributed by atoms with E-state index in [0.29, 0.717) is 5.75 Å². The van der Waals surface area contributed by atoms with Gasteiger partial charge in [0.05, 0.1) is 12.9 Å². The number of para-hydroxylation sites is 1. The summed E-state index contributed by atoms with van der Waals surface area (Å²) in [7, 11) is 5.82. The summed E-state index contributed by atoms with van der Waals surface area (Å²) in [6.07, 6.45) is 0. The highest BCUT2D eigenvalue weighted by molar-refractivity contribution is 8.00. The Morgan fingerprint density at radius 1 is 1.36 bits per heavy atom. The number of hydrogen-bond donors (Lipinski definition) is 0. The van der Waals surface area contributed by atoms with Gasteiger partial charge in [0, 0.05) is 18.7 Å². The summed E-state index contributed by atoms with van der Waals surface area (Å²) in [5.74, 6) is 1.61. The van der Waals surface area contributed by atoms with E-state index in [-0.39, 0.29) is 16.7 Å². The lowest BCUT2D eigenvalue weighted by Gasteiger charge is -2.35. The molecule has 4 nitrogen and oxygen atoms in total. The molecule has 0 aliphatic carbocycles. The van der Waals surface area contributed by atoms with Crippen LogP contribution in [0.25, 0.3) is 0 Å². The number of carbonyl (C=O) groups excluding carboxylic acids is 1. The summed E-state index contributed by atoms with van der Waals surface area (Å²) in [6, 6.07) is 7.98. The average molecular weight is 322 g/mol. The normalized spacial score (nSPS) is 19.1. The molecule has 1 aliphatic rings. The van der Waals surface area contributed by atoms with Gasteiger partial charge < -0.3 is 14.5 Å². The molecule has 1 aromatic carbocycles. The Balaban J connectivity index is 2.23. The van der Waals surface area contributed by atoms with Crippen LogP contribution in [0.5, 0.6) is 5.75 Å². The fourth-order valence-electron chi connectivity index (χ4n) is 3.12. The minimum atomic E-state index is 0.0460. The molecule has 122 valence electrons. The molecule has 0 saturated carbocycles. The first-order chi connectivity index (χ1) is 10.3. The number of ether oxygens (including phenoxy) is 1. The van der Waals surface area contributed by atoms with Crippen molar-refractivity contribution in [2.45, 2.75) is 19.2 Å². The number of thioether (sulfide) groups is 1. The van der Waals surface area contributed by atoms with Gasteiger partial charge in [0.25, 0.3) is 0 Å². The molecule has 1 aliphatic heterocycles. The number of carbonyl (C=O) groups is 1. The zero-order chi connectivity index (χ0) is 16.3.